The Kier molecular flexibility index (Phi) is 4.25. The molecule has 0 fully saturated rings. The molecule has 1 atom stereocenters. The lowest BCUT2D eigenvalue weighted by Crippen LogP contribution is -2.48. The number of hydrogen-bond donors (Lipinski definition) is 2. The van der Waals surface area contributed by atoms with E-state index in [0.717, 1.165) is 0 Å². The van der Waals surface area contributed by atoms with E-state index in [-0.39, 0.29) is 18.0 Å². The van der Waals surface area contributed by atoms with Crippen molar-refractivity contribution in [2.75, 3.05) is 11.9 Å². The van der Waals surface area contributed by atoms with Crippen LogP contribution in [-0.2, 0) is 9.53 Å². The van der Waals surface area contributed by atoms with Gasteiger partial charge in [0.2, 0.25) is 0 Å². The van der Waals surface area contributed by atoms with Crippen LogP contribution < -0.4 is 15.4 Å². The van der Waals surface area contributed by atoms with Crippen molar-refractivity contribution >= 4 is 17.7 Å². The number of nitrogens with one attached hydrogen (secondary N) is 2. The minimum absolute atomic E-state index is 0.0240. The van der Waals surface area contributed by atoms with Crippen molar-refractivity contribution in [2.45, 2.75) is 39.3 Å². The van der Waals surface area contributed by atoms with Crippen LogP contribution in [0.25, 0.3) is 0 Å². The van der Waals surface area contributed by atoms with Gasteiger partial charge in [0.25, 0.3) is 5.91 Å². The highest BCUT2D eigenvalue weighted by molar-refractivity contribution is 5.98. The molecule has 1 aliphatic rings. The minimum Gasteiger partial charge on any atom is -0.489 e. The van der Waals surface area contributed by atoms with Gasteiger partial charge in [0.05, 0.1) is 0 Å². The molecule has 2 N–H and O–H groups in total. The van der Waals surface area contributed by atoms with Crippen molar-refractivity contribution in [1.82, 2.24) is 5.32 Å². The zero-order valence-electron chi connectivity index (χ0n) is 13.0. The highest BCUT2D eigenvalue weighted by Gasteiger charge is 2.29. The first-order valence-electron chi connectivity index (χ1n) is 6.89. The van der Waals surface area contributed by atoms with Crippen LogP contribution in [0.2, 0.25) is 0 Å². The third kappa shape index (κ3) is 3.87. The van der Waals surface area contributed by atoms with Gasteiger partial charge in [-0.05, 0) is 45.4 Å². The summed E-state index contributed by atoms with van der Waals surface area (Å²) in [5, 5.41) is 4.84. The Labute approximate surface area is 128 Å². The molecule has 0 radical (unpaired) electrons. The number of amides is 2. The van der Waals surface area contributed by atoms with Crippen LogP contribution in [0, 0.1) is 12.7 Å². The molecule has 1 aliphatic heterocycles. The van der Waals surface area contributed by atoms with Crippen LogP contribution in [-0.4, -0.2) is 30.3 Å². The molecule has 120 valence electrons. The van der Waals surface area contributed by atoms with Gasteiger partial charge in [-0.25, -0.2) is 9.18 Å². The summed E-state index contributed by atoms with van der Waals surface area (Å²) in [7, 11) is 0. The van der Waals surface area contributed by atoms with Crippen molar-refractivity contribution in [2.24, 2.45) is 0 Å². The van der Waals surface area contributed by atoms with Crippen molar-refractivity contribution in [3.05, 3.63) is 23.5 Å². The van der Waals surface area contributed by atoms with Crippen molar-refractivity contribution < 1.29 is 23.5 Å². The molecule has 1 heterocycles. The van der Waals surface area contributed by atoms with Crippen LogP contribution >= 0.6 is 0 Å². The van der Waals surface area contributed by atoms with Crippen LogP contribution in [0.5, 0.6) is 5.75 Å². The predicted octanol–water partition coefficient (Wildman–Crippen LogP) is 2.36. The molecule has 7 heteroatoms. The quantitative estimate of drug-likeness (QED) is 0.835. The SMILES string of the molecule is Cc1cc(F)c2c(c1)OC[C@H](NC(=O)OC(C)(C)C)C(=O)N2. The number of anilines is 1. The highest BCUT2D eigenvalue weighted by Crippen LogP contribution is 2.31. The summed E-state index contributed by atoms with van der Waals surface area (Å²) in [5.41, 5.74) is -0.0358. The number of rotatable bonds is 1. The molecule has 6 nitrogen and oxygen atoms in total. The third-order valence-electron chi connectivity index (χ3n) is 2.86. The van der Waals surface area contributed by atoms with Crippen molar-refractivity contribution in [1.29, 1.82) is 0 Å². The maximum Gasteiger partial charge on any atom is 0.408 e. The summed E-state index contributed by atoms with van der Waals surface area (Å²) < 4.78 is 24.4. The van der Waals surface area contributed by atoms with Gasteiger partial charge in [0.1, 0.15) is 29.7 Å². The third-order valence-corrected chi connectivity index (χ3v) is 2.86. The molecular formula is C15H19FN2O4. The van der Waals surface area contributed by atoms with Gasteiger partial charge < -0.3 is 20.1 Å². The fourth-order valence-corrected chi connectivity index (χ4v) is 1.96. The average Bonchev–Trinajstić information content (AvgIpc) is 2.49. The second-order valence-corrected chi connectivity index (χ2v) is 6.12. The van der Waals surface area contributed by atoms with Crippen LogP contribution in [0.15, 0.2) is 12.1 Å². The van der Waals surface area contributed by atoms with E-state index in [1.165, 1.54) is 6.07 Å². The number of aryl methyl sites for hydroxylation is 1. The number of fused-ring (bicyclic) bond motifs is 1. The number of halogens is 1. The van der Waals surface area contributed by atoms with E-state index in [9.17, 15) is 14.0 Å². The summed E-state index contributed by atoms with van der Waals surface area (Å²) in [6, 6.07) is 1.94. The zero-order valence-corrected chi connectivity index (χ0v) is 13.0. The maximum absolute atomic E-state index is 13.9. The Bertz CT molecular complexity index is 610. The molecule has 0 aromatic heterocycles. The molecule has 2 rings (SSSR count). The topological polar surface area (TPSA) is 76.7 Å². The summed E-state index contributed by atoms with van der Waals surface area (Å²) in [6.45, 7) is 6.75. The van der Waals surface area contributed by atoms with E-state index in [1.54, 1.807) is 33.8 Å². The van der Waals surface area contributed by atoms with E-state index < -0.39 is 29.5 Å². The number of ether oxygens (including phenoxy) is 2. The van der Waals surface area contributed by atoms with E-state index in [1.807, 2.05) is 0 Å². The smallest absolute Gasteiger partial charge is 0.408 e. The molecule has 2 amide bonds. The monoisotopic (exact) mass is 310 g/mol. The molecule has 0 saturated carbocycles. The summed E-state index contributed by atoms with van der Waals surface area (Å²) in [5.74, 6) is -0.909. The maximum atomic E-state index is 13.9. The molecule has 1 aromatic rings. The van der Waals surface area contributed by atoms with Crippen molar-refractivity contribution in [3.63, 3.8) is 0 Å². The lowest BCUT2D eigenvalue weighted by molar-refractivity contribution is -0.118. The number of alkyl carbamates (subject to hydrolysis) is 1. The zero-order chi connectivity index (χ0) is 16.5. The highest BCUT2D eigenvalue weighted by atomic mass is 19.1. The molecule has 0 saturated heterocycles. The number of carbonyl (C=O) groups excluding carboxylic acids is 2. The number of carbonyl (C=O) groups is 2. The Hall–Kier alpha value is -2.31. The molecule has 0 aliphatic carbocycles. The van der Waals surface area contributed by atoms with E-state index in [0.29, 0.717) is 5.56 Å². The van der Waals surface area contributed by atoms with Gasteiger partial charge in [-0.15, -0.1) is 0 Å². The first kappa shape index (κ1) is 16.1. The summed E-state index contributed by atoms with van der Waals surface area (Å²) in [6.07, 6.45) is -0.737. The van der Waals surface area contributed by atoms with Gasteiger partial charge in [0, 0.05) is 0 Å². The minimum atomic E-state index is -0.970. The number of hydrogen-bond acceptors (Lipinski definition) is 4. The normalized spacial score (nSPS) is 17.7. The standard InChI is InChI=1S/C15H19FN2O4/c1-8-5-9(16)12-11(6-8)21-7-10(13(19)18-12)17-14(20)22-15(2,3)4/h5-6,10H,7H2,1-4H3,(H,17,20)(H,18,19)/t10-/m0/s1. The molecule has 22 heavy (non-hydrogen) atoms. The van der Waals surface area contributed by atoms with Gasteiger partial charge >= 0.3 is 6.09 Å². The van der Waals surface area contributed by atoms with E-state index >= 15 is 0 Å². The first-order valence-corrected chi connectivity index (χ1v) is 6.89. The fraction of sp³-hybridized carbons (Fsp3) is 0.467. The van der Waals surface area contributed by atoms with Crippen molar-refractivity contribution in [3.8, 4) is 5.75 Å². The summed E-state index contributed by atoms with van der Waals surface area (Å²) >= 11 is 0. The van der Waals surface area contributed by atoms with Crippen LogP contribution in [0.1, 0.15) is 26.3 Å². The molecule has 0 unspecified atom stereocenters. The Morgan fingerprint density at radius 3 is 2.77 bits per heavy atom. The predicted molar refractivity (Wildman–Crippen MR) is 78.4 cm³/mol. The fourth-order valence-electron chi connectivity index (χ4n) is 1.96. The lowest BCUT2D eigenvalue weighted by atomic mass is 10.2. The van der Waals surface area contributed by atoms with Gasteiger partial charge in [-0.1, -0.05) is 0 Å². The number of benzene rings is 1. The average molecular weight is 310 g/mol. The van der Waals surface area contributed by atoms with Crippen LogP contribution in [0.3, 0.4) is 0 Å². The molecular weight excluding hydrogens is 291 g/mol. The van der Waals surface area contributed by atoms with E-state index in [4.69, 9.17) is 9.47 Å². The Balaban J connectivity index is 2.12. The molecule has 1 aromatic carbocycles. The second-order valence-electron chi connectivity index (χ2n) is 6.12. The van der Waals surface area contributed by atoms with Crippen LogP contribution in [0.4, 0.5) is 14.9 Å². The van der Waals surface area contributed by atoms with Gasteiger partial charge in [-0.2, -0.15) is 0 Å². The first-order chi connectivity index (χ1) is 10.2. The Morgan fingerprint density at radius 1 is 1.45 bits per heavy atom. The second kappa shape index (κ2) is 5.82. The Morgan fingerprint density at radius 2 is 2.14 bits per heavy atom. The lowest BCUT2D eigenvalue weighted by Gasteiger charge is -2.22. The molecule has 0 bridgehead atoms. The van der Waals surface area contributed by atoms with Gasteiger partial charge in [-0.3, -0.25) is 4.79 Å². The summed E-state index contributed by atoms with van der Waals surface area (Å²) in [4.78, 5) is 23.8. The van der Waals surface area contributed by atoms with E-state index in [2.05, 4.69) is 10.6 Å². The largest absolute Gasteiger partial charge is 0.489 e. The van der Waals surface area contributed by atoms with Gasteiger partial charge in [0.15, 0.2) is 5.82 Å². The molecule has 0 spiro atoms.